The van der Waals surface area contributed by atoms with Gasteiger partial charge >= 0.3 is 0 Å². The number of rotatable bonds is 2. The predicted octanol–water partition coefficient (Wildman–Crippen LogP) is 5.55. The quantitative estimate of drug-likeness (QED) is 0.708. The Morgan fingerprint density at radius 3 is 2.55 bits per heavy atom. The molecular weight excluding hydrogens is 262 g/mol. The fourth-order valence-electron chi connectivity index (χ4n) is 3.27. The molecule has 1 aromatic carbocycles. The zero-order chi connectivity index (χ0) is 14.2. The summed E-state index contributed by atoms with van der Waals surface area (Å²) in [5.74, 6) is 0. The number of thiophene rings is 1. The Morgan fingerprint density at radius 2 is 1.85 bits per heavy atom. The van der Waals surface area contributed by atoms with Crippen molar-refractivity contribution in [3.05, 3.63) is 35.2 Å². The van der Waals surface area contributed by atoms with E-state index in [0.29, 0.717) is 5.41 Å². The molecule has 0 amide bonds. The number of hydrogen-bond acceptors (Lipinski definition) is 2. The van der Waals surface area contributed by atoms with Crippen LogP contribution >= 0.6 is 11.3 Å². The van der Waals surface area contributed by atoms with Crippen molar-refractivity contribution >= 4 is 21.4 Å². The molecule has 3 rings (SSSR count). The van der Waals surface area contributed by atoms with Gasteiger partial charge in [-0.15, -0.1) is 11.3 Å². The van der Waals surface area contributed by atoms with Crippen molar-refractivity contribution in [1.82, 2.24) is 0 Å². The molecule has 0 spiro atoms. The number of hydrogen-bond donors (Lipinski definition) is 0. The minimum atomic E-state index is -0.140. The van der Waals surface area contributed by atoms with E-state index in [9.17, 15) is 5.26 Å². The molecule has 1 fully saturated rings. The largest absolute Gasteiger partial charge is 0.198 e. The van der Waals surface area contributed by atoms with Gasteiger partial charge in [0.25, 0.3) is 0 Å². The molecule has 0 radical (unpaired) electrons. The third-order valence-corrected chi connectivity index (χ3v) is 5.90. The van der Waals surface area contributed by atoms with E-state index < -0.39 is 0 Å². The number of benzene rings is 1. The zero-order valence-corrected chi connectivity index (χ0v) is 13.1. The van der Waals surface area contributed by atoms with E-state index in [2.05, 4.69) is 49.6 Å². The molecular formula is C18H21NS. The molecule has 0 N–H and O–H groups in total. The van der Waals surface area contributed by atoms with Crippen LogP contribution in [0.15, 0.2) is 29.6 Å². The minimum Gasteiger partial charge on any atom is -0.198 e. The second-order valence-corrected chi connectivity index (χ2v) is 7.90. The summed E-state index contributed by atoms with van der Waals surface area (Å²) in [6.45, 7) is 4.66. The molecule has 104 valence electrons. The molecule has 0 saturated heterocycles. The van der Waals surface area contributed by atoms with Gasteiger partial charge in [-0.3, -0.25) is 0 Å². The van der Waals surface area contributed by atoms with E-state index in [0.717, 1.165) is 19.3 Å². The Balaban J connectivity index is 1.87. The van der Waals surface area contributed by atoms with Crippen LogP contribution in [0.25, 0.3) is 10.1 Å². The average molecular weight is 283 g/mol. The van der Waals surface area contributed by atoms with Crippen molar-refractivity contribution < 1.29 is 0 Å². The van der Waals surface area contributed by atoms with Crippen molar-refractivity contribution in [3.8, 4) is 6.07 Å². The van der Waals surface area contributed by atoms with Crippen molar-refractivity contribution in [2.75, 3.05) is 0 Å². The van der Waals surface area contributed by atoms with Gasteiger partial charge in [0, 0.05) is 4.70 Å². The maximum Gasteiger partial charge on any atom is 0.0693 e. The molecule has 20 heavy (non-hydrogen) atoms. The second-order valence-electron chi connectivity index (χ2n) is 6.99. The van der Waals surface area contributed by atoms with Crippen LogP contribution in [0.1, 0.15) is 45.1 Å². The summed E-state index contributed by atoms with van der Waals surface area (Å²) in [5, 5.41) is 13.3. The lowest BCUT2D eigenvalue weighted by atomic mass is 9.64. The van der Waals surface area contributed by atoms with Gasteiger partial charge in [0.1, 0.15) is 0 Å². The van der Waals surface area contributed by atoms with Crippen LogP contribution in [0.4, 0.5) is 0 Å². The average Bonchev–Trinajstić information content (AvgIpc) is 2.85. The molecule has 1 aliphatic carbocycles. The fourth-order valence-corrected chi connectivity index (χ4v) is 4.23. The molecule has 1 aliphatic rings. The van der Waals surface area contributed by atoms with Gasteiger partial charge in [-0.05, 0) is 59.9 Å². The van der Waals surface area contributed by atoms with Crippen LogP contribution in [0, 0.1) is 22.2 Å². The van der Waals surface area contributed by atoms with Gasteiger partial charge in [0.15, 0.2) is 0 Å². The van der Waals surface area contributed by atoms with Crippen molar-refractivity contribution in [1.29, 1.82) is 5.26 Å². The number of nitrogens with zero attached hydrogens (tertiary/aromatic N) is 1. The lowest BCUT2D eigenvalue weighted by Crippen LogP contribution is -2.31. The van der Waals surface area contributed by atoms with Crippen LogP contribution in [-0.4, -0.2) is 0 Å². The first-order valence-corrected chi connectivity index (χ1v) is 8.28. The van der Waals surface area contributed by atoms with Crippen LogP contribution < -0.4 is 0 Å². The van der Waals surface area contributed by atoms with Gasteiger partial charge < -0.3 is 0 Å². The molecule has 2 heteroatoms. The summed E-state index contributed by atoms with van der Waals surface area (Å²) in [6, 6.07) is 11.2. The number of fused-ring (bicyclic) bond motifs is 1. The van der Waals surface area contributed by atoms with E-state index in [1.807, 2.05) is 0 Å². The lowest BCUT2D eigenvalue weighted by molar-refractivity contribution is 0.146. The Hall–Kier alpha value is -1.33. The summed E-state index contributed by atoms with van der Waals surface area (Å²) in [5.41, 5.74) is 1.64. The Kier molecular flexibility index (Phi) is 3.34. The smallest absolute Gasteiger partial charge is 0.0693 e. The number of nitriles is 1. The Bertz CT molecular complexity index is 649. The molecule has 0 atom stereocenters. The third-order valence-electron chi connectivity index (χ3n) is 4.89. The molecule has 0 aliphatic heterocycles. The van der Waals surface area contributed by atoms with Crippen molar-refractivity contribution in [2.24, 2.45) is 10.8 Å². The molecule has 1 saturated carbocycles. The first-order chi connectivity index (χ1) is 9.54. The highest BCUT2D eigenvalue weighted by Crippen LogP contribution is 2.47. The molecule has 1 heterocycles. The van der Waals surface area contributed by atoms with Crippen LogP contribution in [0.3, 0.4) is 0 Å². The van der Waals surface area contributed by atoms with Crippen LogP contribution in [0.2, 0.25) is 0 Å². The summed E-state index contributed by atoms with van der Waals surface area (Å²) < 4.78 is 1.34. The summed E-state index contributed by atoms with van der Waals surface area (Å²) in [6.07, 6.45) is 5.34. The molecule has 0 bridgehead atoms. The minimum absolute atomic E-state index is 0.140. The molecule has 1 aromatic heterocycles. The lowest BCUT2D eigenvalue weighted by Gasteiger charge is -2.39. The van der Waals surface area contributed by atoms with E-state index in [1.165, 1.54) is 28.5 Å². The zero-order valence-electron chi connectivity index (χ0n) is 12.3. The highest BCUT2D eigenvalue weighted by Gasteiger charge is 2.38. The molecule has 2 aromatic rings. The normalized spacial score (nSPS) is 20.6. The van der Waals surface area contributed by atoms with E-state index in [1.54, 1.807) is 11.3 Å². The summed E-state index contributed by atoms with van der Waals surface area (Å²) >= 11 is 1.80. The third kappa shape index (κ3) is 2.47. The maximum atomic E-state index is 9.74. The summed E-state index contributed by atoms with van der Waals surface area (Å²) in [7, 11) is 0. The van der Waals surface area contributed by atoms with Gasteiger partial charge in [-0.1, -0.05) is 32.0 Å². The van der Waals surface area contributed by atoms with Gasteiger partial charge in [-0.2, -0.15) is 5.26 Å². The summed E-state index contributed by atoms with van der Waals surface area (Å²) in [4.78, 5) is 0. The maximum absolute atomic E-state index is 9.74. The molecule has 1 nitrogen and oxygen atoms in total. The van der Waals surface area contributed by atoms with Crippen molar-refractivity contribution in [3.63, 3.8) is 0 Å². The second kappa shape index (κ2) is 4.90. The standard InChI is InChI=1S/C18H21NS/c1-17(2)7-9-18(13-19,10-8-17)11-14-12-20-16-6-4-3-5-15(14)16/h3-6,12H,7-11H2,1-2H3. The molecule has 0 unspecified atom stereocenters. The van der Waals surface area contributed by atoms with Gasteiger partial charge in [-0.25, -0.2) is 0 Å². The predicted molar refractivity (Wildman–Crippen MR) is 85.8 cm³/mol. The van der Waals surface area contributed by atoms with Gasteiger partial charge in [0.2, 0.25) is 0 Å². The Labute approximate surface area is 125 Å². The van der Waals surface area contributed by atoms with Crippen molar-refractivity contribution in [2.45, 2.75) is 46.0 Å². The fraction of sp³-hybridized carbons (Fsp3) is 0.500. The van der Waals surface area contributed by atoms with Gasteiger partial charge in [0.05, 0.1) is 11.5 Å². The first kappa shape index (κ1) is 13.6. The highest BCUT2D eigenvalue weighted by molar-refractivity contribution is 7.17. The van der Waals surface area contributed by atoms with E-state index >= 15 is 0 Å². The van der Waals surface area contributed by atoms with E-state index in [4.69, 9.17) is 0 Å². The highest BCUT2D eigenvalue weighted by atomic mass is 32.1. The Morgan fingerprint density at radius 1 is 1.15 bits per heavy atom. The SMILES string of the molecule is CC1(C)CCC(C#N)(Cc2csc3ccccc23)CC1. The van der Waals surface area contributed by atoms with Crippen LogP contribution in [0.5, 0.6) is 0 Å². The topological polar surface area (TPSA) is 23.8 Å². The van der Waals surface area contributed by atoms with E-state index in [-0.39, 0.29) is 5.41 Å². The van der Waals surface area contributed by atoms with Crippen LogP contribution in [-0.2, 0) is 6.42 Å². The first-order valence-electron chi connectivity index (χ1n) is 7.40. The monoisotopic (exact) mass is 283 g/mol.